The van der Waals surface area contributed by atoms with E-state index in [1.165, 1.54) is 12.1 Å². The van der Waals surface area contributed by atoms with Crippen molar-refractivity contribution in [2.45, 2.75) is 45.2 Å². The number of aromatic nitrogens is 1. The van der Waals surface area contributed by atoms with Crippen molar-refractivity contribution in [1.29, 1.82) is 0 Å². The van der Waals surface area contributed by atoms with Crippen LogP contribution in [0.25, 0.3) is 11.1 Å². The number of rotatable bonds is 6. The van der Waals surface area contributed by atoms with Gasteiger partial charge in [0, 0.05) is 86.1 Å². The predicted octanol–water partition coefficient (Wildman–Crippen LogP) is 2.58. The summed E-state index contributed by atoms with van der Waals surface area (Å²) in [5.74, 6) is -1.71. The lowest BCUT2D eigenvalue weighted by atomic mass is 9.99. The van der Waals surface area contributed by atoms with E-state index in [0.29, 0.717) is 66.8 Å². The van der Waals surface area contributed by atoms with E-state index in [0.717, 1.165) is 60.0 Å². The van der Waals surface area contributed by atoms with Crippen molar-refractivity contribution in [2.24, 2.45) is 0 Å². The summed E-state index contributed by atoms with van der Waals surface area (Å²) in [5, 5.41) is 8.26. The number of hydrogen-bond acceptors (Lipinski definition) is 7. The van der Waals surface area contributed by atoms with Crippen molar-refractivity contribution in [2.75, 3.05) is 49.5 Å². The first-order chi connectivity index (χ1) is 23.7. The Hall–Kier alpha value is -5.30. The van der Waals surface area contributed by atoms with Crippen molar-refractivity contribution in [1.82, 2.24) is 25.4 Å². The summed E-state index contributed by atoms with van der Waals surface area (Å²) in [5.41, 5.74) is 7.94. The molecule has 0 radical (unpaired) electrons. The van der Waals surface area contributed by atoms with E-state index >= 15 is 0 Å². The average Bonchev–Trinajstić information content (AvgIpc) is 3.81. The Balaban J connectivity index is 0.863. The third-order valence-corrected chi connectivity index (χ3v) is 10.4. The summed E-state index contributed by atoms with van der Waals surface area (Å²) >= 11 is 0. The maximum Gasteiger partial charge on any atom is 0.256 e. The van der Waals surface area contributed by atoms with Gasteiger partial charge in [-0.2, -0.15) is 0 Å². The Kier molecular flexibility index (Phi) is 7.58. The Morgan fingerprint density at radius 3 is 2.57 bits per heavy atom. The number of amides is 5. The molecule has 5 amide bonds. The molecule has 4 aliphatic heterocycles. The SMILES string of the molecule is Cc1[nH]c2c(c1C(=O)NCCN1CCN(c3ccc4c(c3)CN(C3CCC(=O)NC3=O)C4=O)CC1)CC/C2=C1/C(=O)Nc2ccc(F)cc21. The lowest BCUT2D eigenvalue weighted by molar-refractivity contribution is -0.137. The number of nitrogens with zero attached hydrogens (tertiary/aromatic N) is 3. The number of aromatic amines is 1. The Bertz CT molecular complexity index is 1990. The topological polar surface area (TPSA) is 147 Å². The summed E-state index contributed by atoms with van der Waals surface area (Å²) in [4.78, 5) is 72.8. The predicted molar refractivity (Wildman–Crippen MR) is 179 cm³/mol. The highest BCUT2D eigenvalue weighted by Gasteiger charge is 2.39. The lowest BCUT2D eigenvalue weighted by Gasteiger charge is -2.36. The number of carbonyl (C=O) groups is 5. The number of nitrogens with one attached hydrogen (secondary N) is 4. The molecule has 1 aromatic heterocycles. The van der Waals surface area contributed by atoms with Gasteiger partial charge in [-0.1, -0.05) is 0 Å². The molecule has 4 N–H and O–H groups in total. The monoisotopic (exact) mass is 665 g/mol. The van der Waals surface area contributed by atoms with Gasteiger partial charge in [-0.25, -0.2) is 4.39 Å². The molecule has 1 aliphatic carbocycles. The molecule has 5 heterocycles. The zero-order valence-electron chi connectivity index (χ0n) is 27.1. The zero-order valence-corrected chi connectivity index (χ0v) is 27.1. The number of aryl methyl sites for hydroxylation is 1. The second-order valence-electron chi connectivity index (χ2n) is 13.3. The summed E-state index contributed by atoms with van der Waals surface area (Å²) in [7, 11) is 0. The van der Waals surface area contributed by atoms with Crippen molar-refractivity contribution in [3.63, 3.8) is 0 Å². The summed E-state index contributed by atoms with van der Waals surface area (Å²) in [6, 6.07) is 9.46. The molecule has 252 valence electrons. The van der Waals surface area contributed by atoms with Gasteiger partial charge in [-0.05, 0) is 79.3 Å². The lowest BCUT2D eigenvalue weighted by Crippen LogP contribution is -2.52. The molecular formula is C36H36FN7O5. The summed E-state index contributed by atoms with van der Waals surface area (Å²) < 4.78 is 14.1. The van der Waals surface area contributed by atoms with Crippen LogP contribution in [0.15, 0.2) is 36.4 Å². The van der Waals surface area contributed by atoms with Crippen LogP contribution in [0, 0.1) is 12.7 Å². The van der Waals surface area contributed by atoms with E-state index in [2.05, 4.69) is 30.7 Å². The number of benzene rings is 2. The van der Waals surface area contributed by atoms with E-state index in [1.807, 2.05) is 25.1 Å². The van der Waals surface area contributed by atoms with Crippen LogP contribution >= 0.6 is 0 Å². The fourth-order valence-electron chi connectivity index (χ4n) is 7.96. The van der Waals surface area contributed by atoms with E-state index in [4.69, 9.17) is 0 Å². The smallest absolute Gasteiger partial charge is 0.256 e. The van der Waals surface area contributed by atoms with Crippen LogP contribution in [0.2, 0.25) is 0 Å². The zero-order chi connectivity index (χ0) is 34.0. The Morgan fingerprint density at radius 1 is 0.959 bits per heavy atom. The van der Waals surface area contributed by atoms with E-state index in [-0.39, 0.29) is 30.0 Å². The quantitative estimate of drug-likeness (QED) is 0.234. The molecule has 0 bridgehead atoms. The van der Waals surface area contributed by atoms with Gasteiger partial charge in [-0.15, -0.1) is 0 Å². The molecule has 49 heavy (non-hydrogen) atoms. The number of piperazine rings is 1. The van der Waals surface area contributed by atoms with Crippen molar-refractivity contribution < 1.29 is 28.4 Å². The van der Waals surface area contributed by atoms with E-state index < -0.39 is 17.8 Å². The highest BCUT2D eigenvalue weighted by atomic mass is 19.1. The molecule has 12 nitrogen and oxygen atoms in total. The van der Waals surface area contributed by atoms with E-state index in [9.17, 15) is 28.4 Å². The summed E-state index contributed by atoms with van der Waals surface area (Å²) in [6.45, 7) is 6.60. The Labute approximate surface area is 281 Å². The Morgan fingerprint density at radius 2 is 1.78 bits per heavy atom. The maximum absolute atomic E-state index is 14.1. The third-order valence-electron chi connectivity index (χ3n) is 10.4. The van der Waals surface area contributed by atoms with Crippen LogP contribution in [-0.2, 0) is 27.3 Å². The number of hydrogen-bond donors (Lipinski definition) is 4. The average molecular weight is 666 g/mol. The van der Waals surface area contributed by atoms with Gasteiger partial charge in [0.05, 0.1) is 11.1 Å². The van der Waals surface area contributed by atoms with Crippen LogP contribution in [0.5, 0.6) is 0 Å². The first-order valence-corrected chi connectivity index (χ1v) is 16.8. The minimum Gasteiger partial charge on any atom is -0.369 e. The summed E-state index contributed by atoms with van der Waals surface area (Å²) in [6.07, 6.45) is 1.77. The van der Waals surface area contributed by atoms with Gasteiger partial charge in [0.1, 0.15) is 11.9 Å². The number of carbonyl (C=O) groups excluding carboxylic acids is 5. The first kappa shape index (κ1) is 31.0. The van der Waals surface area contributed by atoms with Crippen molar-refractivity contribution in [3.8, 4) is 0 Å². The minimum absolute atomic E-state index is 0.152. The number of imide groups is 1. The standard InChI is InChI=1S/C36H36FN7O5/c1-19-30(24-5-6-25(32(24)39-19)31-26-17-21(37)2-7-27(26)40-35(31)48)34(47)38-10-11-42-12-14-43(15-13-42)22-3-4-23-20(16-22)18-44(36(23)49)28-8-9-29(45)41-33(28)46/h2-4,7,16-17,28,39H,5-6,8-15,18H2,1H3,(H,38,47)(H,40,48)(H,41,45,46)/b31-25-. The molecule has 8 rings (SSSR count). The van der Waals surface area contributed by atoms with E-state index in [1.54, 1.807) is 11.0 Å². The third kappa shape index (κ3) is 5.38. The molecule has 2 saturated heterocycles. The van der Waals surface area contributed by atoms with Crippen LogP contribution < -0.4 is 20.9 Å². The molecule has 3 aromatic rings. The second kappa shape index (κ2) is 12.0. The van der Waals surface area contributed by atoms with Gasteiger partial charge in [0.25, 0.3) is 17.7 Å². The molecule has 2 fully saturated rings. The molecule has 0 spiro atoms. The van der Waals surface area contributed by atoms with Gasteiger partial charge in [0.15, 0.2) is 0 Å². The molecule has 13 heteroatoms. The second-order valence-corrected chi connectivity index (χ2v) is 13.3. The van der Waals surface area contributed by atoms with Crippen LogP contribution in [0.4, 0.5) is 15.8 Å². The number of halogens is 1. The van der Waals surface area contributed by atoms with Gasteiger partial charge in [0.2, 0.25) is 11.8 Å². The van der Waals surface area contributed by atoms with Gasteiger partial charge >= 0.3 is 0 Å². The number of anilines is 2. The number of H-pyrrole nitrogens is 1. The molecular weight excluding hydrogens is 629 g/mol. The highest BCUT2D eigenvalue weighted by Crippen LogP contribution is 2.44. The van der Waals surface area contributed by atoms with Crippen LogP contribution in [0.1, 0.15) is 68.1 Å². The molecule has 5 aliphatic rings. The van der Waals surface area contributed by atoms with Crippen LogP contribution in [0.3, 0.4) is 0 Å². The largest absolute Gasteiger partial charge is 0.369 e. The first-order valence-electron chi connectivity index (χ1n) is 16.8. The molecule has 1 atom stereocenters. The number of allylic oxidation sites excluding steroid dienone is 1. The number of fused-ring (bicyclic) bond motifs is 3. The van der Waals surface area contributed by atoms with Gasteiger partial charge in [-0.3, -0.25) is 34.2 Å². The molecule has 2 aromatic carbocycles. The highest BCUT2D eigenvalue weighted by molar-refractivity contribution is 6.37. The van der Waals surface area contributed by atoms with Crippen molar-refractivity contribution in [3.05, 3.63) is 81.4 Å². The minimum atomic E-state index is -0.632. The number of piperidine rings is 1. The fourth-order valence-corrected chi connectivity index (χ4v) is 7.96. The molecule has 1 unspecified atom stereocenters. The molecule has 0 saturated carbocycles. The van der Waals surface area contributed by atoms with Crippen molar-refractivity contribution >= 4 is 52.1 Å². The van der Waals surface area contributed by atoms with Gasteiger partial charge < -0.3 is 25.4 Å². The fraction of sp³-hybridized carbons (Fsp3) is 0.361. The maximum atomic E-state index is 14.1. The van der Waals surface area contributed by atoms with Crippen LogP contribution in [-0.4, -0.2) is 89.6 Å². The normalized spacial score (nSPS) is 21.9.